The molecular weight excluding hydrogens is 192 g/mol. The number of nitrogen functional groups attached to an aromatic ring is 1. The van der Waals surface area contributed by atoms with Crippen LogP contribution in [0.1, 0.15) is 32.2 Å². The van der Waals surface area contributed by atoms with E-state index < -0.39 is 5.60 Å². The number of rotatable bonds is 3. The second kappa shape index (κ2) is 4.24. The molecule has 5 nitrogen and oxygen atoms in total. The van der Waals surface area contributed by atoms with E-state index in [-0.39, 0.29) is 11.4 Å². The molecule has 1 rings (SSSR count). The Kier molecular flexibility index (Phi) is 3.22. The van der Waals surface area contributed by atoms with Gasteiger partial charge in [-0.25, -0.2) is 9.97 Å². The molecule has 0 atom stereocenters. The Morgan fingerprint density at radius 1 is 1.60 bits per heavy atom. The fourth-order valence-electron chi connectivity index (χ4n) is 1.20. The van der Waals surface area contributed by atoms with Crippen LogP contribution < -0.4 is 5.73 Å². The molecule has 0 radical (unpaired) electrons. The van der Waals surface area contributed by atoms with Crippen LogP contribution in [0.4, 0.5) is 5.82 Å². The van der Waals surface area contributed by atoms with Gasteiger partial charge in [0, 0.05) is 6.61 Å². The molecule has 0 saturated carbocycles. The van der Waals surface area contributed by atoms with Crippen LogP contribution in [0.25, 0.3) is 0 Å². The molecule has 5 heteroatoms. The molecular formula is C10H14N4O. The lowest BCUT2D eigenvalue weighted by molar-refractivity contribution is -0.0207. The molecule has 0 spiro atoms. The summed E-state index contributed by atoms with van der Waals surface area (Å²) >= 11 is 0. The number of anilines is 1. The van der Waals surface area contributed by atoms with Crippen LogP contribution in [0.2, 0.25) is 0 Å². The number of hydrogen-bond acceptors (Lipinski definition) is 5. The van der Waals surface area contributed by atoms with E-state index >= 15 is 0 Å². The van der Waals surface area contributed by atoms with E-state index in [9.17, 15) is 0 Å². The molecule has 0 saturated heterocycles. The molecule has 0 aromatic carbocycles. The van der Waals surface area contributed by atoms with E-state index in [4.69, 9.17) is 15.7 Å². The first-order valence-electron chi connectivity index (χ1n) is 4.68. The summed E-state index contributed by atoms with van der Waals surface area (Å²) in [6, 6.07) is 1.92. The van der Waals surface area contributed by atoms with Gasteiger partial charge in [0.1, 0.15) is 23.1 Å². The zero-order valence-corrected chi connectivity index (χ0v) is 9.11. The molecule has 0 fully saturated rings. The standard InChI is InChI=1S/C10H14N4O/c1-4-15-10(2,3)9-13-6-7(5-11)8(12)14-9/h6H,4H2,1-3H3,(H2,12,13,14). The summed E-state index contributed by atoms with van der Waals surface area (Å²) in [6.45, 7) is 6.18. The number of nitrogens with two attached hydrogens (primary N) is 1. The molecule has 0 bridgehead atoms. The van der Waals surface area contributed by atoms with Crippen LogP contribution in [-0.4, -0.2) is 16.6 Å². The Bertz CT molecular complexity index is 395. The quantitative estimate of drug-likeness (QED) is 0.803. The number of ether oxygens (including phenoxy) is 1. The van der Waals surface area contributed by atoms with Gasteiger partial charge in [-0.3, -0.25) is 0 Å². The van der Waals surface area contributed by atoms with E-state index in [2.05, 4.69) is 9.97 Å². The summed E-state index contributed by atoms with van der Waals surface area (Å²) in [4.78, 5) is 8.12. The summed E-state index contributed by atoms with van der Waals surface area (Å²) in [5, 5.41) is 8.67. The largest absolute Gasteiger partial charge is 0.382 e. The van der Waals surface area contributed by atoms with Crippen LogP contribution in [-0.2, 0) is 10.3 Å². The molecule has 1 heterocycles. The Balaban J connectivity index is 3.08. The Morgan fingerprint density at radius 2 is 2.27 bits per heavy atom. The third kappa shape index (κ3) is 2.42. The highest BCUT2D eigenvalue weighted by atomic mass is 16.5. The highest BCUT2D eigenvalue weighted by Gasteiger charge is 2.24. The molecule has 0 aliphatic heterocycles. The minimum Gasteiger partial charge on any atom is -0.382 e. The number of nitriles is 1. The molecule has 1 aromatic rings. The van der Waals surface area contributed by atoms with Crippen LogP contribution >= 0.6 is 0 Å². The van der Waals surface area contributed by atoms with Crippen molar-refractivity contribution in [1.82, 2.24) is 9.97 Å². The van der Waals surface area contributed by atoms with Crippen LogP contribution in [0.15, 0.2) is 6.20 Å². The van der Waals surface area contributed by atoms with Crippen molar-refractivity contribution in [2.75, 3.05) is 12.3 Å². The fourth-order valence-corrected chi connectivity index (χ4v) is 1.20. The maximum atomic E-state index is 8.67. The van der Waals surface area contributed by atoms with Crippen molar-refractivity contribution < 1.29 is 4.74 Å². The minimum absolute atomic E-state index is 0.190. The summed E-state index contributed by atoms with van der Waals surface area (Å²) in [6.07, 6.45) is 1.42. The second-order valence-electron chi connectivity index (χ2n) is 3.55. The van der Waals surface area contributed by atoms with Crippen molar-refractivity contribution in [3.8, 4) is 6.07 Å². The molecule has 15 heavy (non-hydrogen) atoms. The first-order valence-corrected chi connectivity index (χ1v) is 4.68. The lowest BCUT2D eigenvalue weighted by Gasteiger charge is -2.22. The molecule has 0 unspecified atom stereocenters. The van der Waals surface area contributed by atoms with E-state index in [1.54, 1.807) is 0 Å². The highest BCUT2D eigenvalue weighted by Crippen LogP contribution is 2.22. The van der Waals surface area contributed by atoms with E-state index in [1.165, 1.54) is 6.20 Å². The molecule has 0 amide bonds. The van der Waals surface area contributed by atoms with E-state index in [1.807, 2.05) is 26.8 Å². The normalized spacial score (nSPS) is 11.1. The second-order valence-corrected chi connectivity index (χ2v) is 3.55. The van der Waals surface area contributed by atoms with Crippen molar-refractivity contribution in [3.63, 3.8) is 0 Å². The first-order chi connectivity index (χ1) is 7.01. The summed E-state index contributed by atoms with van der Waals surface area (Å²) < 4.78 is 5.48. The monoisotopic (exact) mass is 206 g/mol. The molecule has 2 N–H and O–H groups in total. The zero-order chi connectivity index (χ0) is 11.5. The minimum atomic E-state index is -0.586. The Morgan fingerprint density at radius 3 is 2.73 bits per heavy atom. The van der Waals surface area contributed by atoms with Crippen molar-refractivity contribution in [2.45, 2.75) is 26.4 Å². The van der Waals surface area contributed by atoms with Gasteiger partial charge < -0.3 is 10.5 Å². The summed E-state index contributed by atoms with van der Waals surface area (Å²) in [7, 11) is 0. The molecule has 0 aliphatic rings. The third-order valence-electron chi connectivity index (χ3n) is 1.98. The average molecular weight is 206 g/mol. The topological polar surface area (TPSA) is 84.8 Å². The maximum absolute atomic E-state index is 8.67. The zero-order valence-electron chi connectivity index (χ0n) is 9.11. The van der Waals surface area contributed by atoms with E-state index in [0.717, 1.165) is 0 Å². The van der Waals surface area contributed by atoms with Gasteiger partial charge in [0.2, 0.25) is 0 Å². The number of nitrogens with zero attached hydrogens (tertiary/aromatic N) is 3. The lowest BCUT2D eigenvalue weighted by Crippen LogP contribution is -2.25. The van der Waals surface area contributed by atoms with Gasteiger partial charge in [0.15, 0.2) is 5.82 Å². The number of aromatic nitrogens is 2. The third-order valence-corrected chi connectivity index (χ3v) is 1.98. The van der Waals surface area contributed by atoms with Crippen LogP contribution in [0.5, 0.6) is 0 Å². The van der Waals surface area contributed by atoms with E-state index in [0.29, 0.717) is 12.4 Å². The predicted molar refractivity (Wildman–Crippen MR) is 55.8 cm³/mol. The first kappa shape index (κ1) is 11.4. The van der Waals surface area contributed by atoms with Gasteiger partial charge in [-0.05, 0) is 20.8 Å². The van der Waals surface area contributed by atoms with Gasteiger partial charge in [-0.2, -0.15) is 5.26 Å². The maximum Gasteiger partial charge on any atom is 0.162 e. The summed E-state index contributed by atoms with van der Waals surface area (Å²) in [5.41, 5.74) is 5.29. The van der Waals surface area contributed by atoms with Crippen LogP contribution in [0.3, 0.4) is 0 Å². The SMILES string of the molecule is CCOC(C)(C)c1ncc(C#N)c(N)n1. The number of hydrogen-bond donors (Lipinski definition) is 1. The van der Waals surface area contributed by atoms with Gasteiger partial charge in [0.05, 0.1) is 6.20 Å². The van der Waals surface area contributed by atoms with Gasteiger partial charge in [0.25, 0.3) is 0 Å². The van der Waals surface area contributed by atoms with Gasteiger partial charge >= 0.3 is 0 Å². The van der Waals surface area contributed by atoms with Crippen molar-refractivity contribution in [1.29, 1.82) is 5.26 Å². The van der Waals surface area contributed by atoms with Crippen LogP contribution in [0, 0.1) is 11.3 Å². The van der Waals surface area contributed by atoms with Crippen molar-refractivity contribution in [3.05, 3.63) is 17.6 Å². The molecule has 80 valence electrons. The Hall–Kier alpha value is -1.67. The Labute approximate surface area is 88.9 Å². The fraction of sp³-hybridized carbons (Fsp3) is 0.500. The molecule has 1 aromatic heterocycles. The lowest BCUT2D eigenvalue weighted by atomic mass is 10.1. The smallest absolute Gasteiger partial charge is 0.162 e. The van der Waals surface area contributed by atoms with Crippen molar-refractivity contribution >= 4 is 5.82 Å². The highest BCUT2D eigenvalue weighted by molar-refractivity contribution is 5.46. The molecule has 0 aliphatic carbocycles. The van der Waals surface area contributed by atoms with Crippen molar-refractivity contribution in [2.24, 2.45) is 0 Å². The van der Waals surface area contributed by atoms with Gasteiger partial charge in [-0.1, -0.05) is 0 Å². The summed E-state index contributed by atoms with van der Waals surface area (Å²) in [5.74, 6) is 0.677. The van der Waals surface area contributed by atoms with Gasteiger partial charge in [-0.15, -0.1) is 0 Å². The average Bonchev–Trinajstić information content (AvgIpc) is 2.17. The predicted octanol–water partition coefficient (Wildman–Crippen LogP) is 1.20.